The van der Waals surface area contributed by atoms with Crippen LogP contribution in [0.3, 0.4) is 0 Å². The fourth-order valence-corrected chi connectivity index (χ4v) is 4.38. The van der Waals surface area contributed by atoms with E-state index in [0.29, 0.717) is 42.8 Å². The van der Waals surface area contributed by atoms with Crippen molar-refractivity contribution in [2.75, 3.05) is 0 Å². The molecule has 0 spiro atoms. The molecule has 2 heterocycles. The molecule has 0 radical (unpaired) electrons. The summed E-state index contributed by atoms with van der Waals surface area (Å²) >= 11 is 0. The van der Waals surface area contributed by atoms with Crippen LogP contribution in [0.15, 0.2) is 47.3 Å². The Labute approximate surface area is 179 Å². The molecule has 5 rings (SSSR count). The molecule has 3 aromatic rings. The summed E-state index contributed by atoms with van der Waals surface area (Å²) in [5, 5.41) is 4.41. The molecular formula is C22H18F5N3O2. The van der Waals surface area contributed by atoms with E-state index < -0.39 is 29.4 Å². The number of aryl methyl sites for hydroxylation is 1. The minimum absolute atomic E-state index is 0.204. The van der Waals surface area contributed by atoms with Crippen LogP contribution in [0.25, 0.3) is 0 Å². The largest absolute Gasteiger partial charge is 0.490 e. The van der Waals surface area contributed by atoms with Gasteiger partial charge in [-0.05, 0) is 48.4 Å². The van der Waals surface area contributed by atoms with Crippen molar-refractivity contribution in [3.05, 3.63) is 81.5 Å². The molecule has 1 saturated carbocycles. The molecule has 2 aromatic carbocycles. The van der Waals surface area contributed by atoms with Crippen molar-refractivity contribution in [2.45, 2.75) is 50.0 Å². The first kappa shape index (κ1) is 20.7. The lowest BCUT2D eigenvalue weighted by molar-refractivity contribution is -0.137. The molecule has 1 fully saturated rings. The van der Waals surface area contributed by atoms with Gasteiger partial charge < -0.3 is 4.74 Å². The van der Waals surface area contributed by atoms with Crippen LogP contribution in [0.5, 0.6) is 5.75 Å². The summed E-state index contributed by atoms with van der Waals surface area (Å²) in [6.45, 7) is 0. The Balaban J connectivity index is 1.28. The Morgan fingerprint density at radius 3 is 2.28 bits per heavy atom. The van der Waals surface area contributed by atoms with Gasteiger partial charge in [-0.1, -0.05) is 0 Å². The lowest BCUT2D eigenvalue weighted by Gasteiger charge is -2.34. The van der Waals surface area contributed by atoms with Crippen LogP contribution in [0.2, 0.25) is 0 Å². The number of halogens is 5. The van der Waals surface area contributed by atoms with E-state index in [1.807, 2.05) is 0 Å². The van der Waals surface area contributed by atoms with Gasteiger partial charge in [-0.15, -0.1) is 0 Å². The van der Waals surface area contributed by atoms with Gasteiger partial charge in [0.25, 0.3) is 0 Å². The number of rotatable bonds is 4. The molecular weight excluding hydrogens is 433 g/mol. The second-order valence-electron chi connectivity index (χ2n) is 8.16. The summed E-state index contributed by atoms with van der Waals surface area (Å²) in [7, 11) is 0. The van der Waals surface area contributed by atoms with Crippen LogP contribution < -0.4 is 10.4 Å². The molecule has 1 aliphatic heterocycles. The highest BCUT2D eigenvalue weighted by atomic mass is 19.4. The molecule has 0 bridgehead atoms. The van der Waals surface area contributed by atoms with Gasteiger partial charge in [0.05, 0.1) is 17.6 Å². The van der Waals surface area contributed by atoms with Crippen molar-refractivity contribution in [3.8, 4) is 5.75 Å². The molecule has 1 aromatic heterocycles. The monoisotopic (exact) mass is 451 g/mol. The maximum Gasteiger partial charge on any atom is 0.416 e. The maximum atomic E-state index is 13.6. The van der Waals surface area contributed by atoms with Crippen LogP contribution in [0.1, 0.15) is 48.3 Å². The van der Waals surface area contributed by atoms with Crippen molar-refractivity contribution in [2.24, 2.45) is 0 Å². The number of ether oxygens (including phenoxy) is 1. The predicted octanol–water partition coefficient (Wildman–Crippen LogP) is 4.66. The van der Waals surface area contributed by atoms with Crippen LogP contribution in [0.4, 0.5) is 22.0 Å². The summed E-state index contributed by atoms with van der Waals surface area (Å²) in [5.41, 5.74) is -0.701. The lowest BCUT2D eigenvalue weighted by Crippen LogP contribution is -2.41. The van der Waals surface area contributed by atoms with Gasteiger partial charge >= 0.3 is 11.9 Å². The third kappa shape index (κ3) is 3.67. The Kier molecular flexibility index (Phi) is 4.83. The van der Waals surface area contributed by atoms with Gasteiger partial charge in [-0.25, -0.2) is 18.3 Å². The summed E-state index contributed by atoms with van der Waals surface area (Å²) in [4.78, 5) is 13.0. The van der Waals surface area contributed by atoms with E-state index in [9.17, 15) is 26.7 Å². The van der Waals surface area contributed by atoms with E-state index in [1.165, 1.54) is 33.5 Å². The highest BCUT2D eigenvalue weighted by Crippen LogP contribution is 2.37. The Morgan fingerprint density at radius 1 is 1.00 bits per heavy atom. The van der Waals surface area contributed by atoms with Crippen LogP contribution in [-0.2, 0) is 12.6 Å². The SMILES string of the molecule is O=c1n2c(nn1[C@H]1C[C@H](Oc3ccc(C(F)(F)F)cc3)C1)CC[C@H]2c1cc(F)cc(F)c1. The third-order valence-corrected chi connectivity index (χ3v) is 6.03. The van der Waals surface area contributed by atoms with Crippen molar-refractivity contribution >= 4 is 0 Å². The summed E-state index contributed by atoms with van der Waals surface area (Å²) in [5.74, 6) is -0.501. The summed E-state index contributed by atoms with van der Waals surface area (Å²) in [6.07, 6.45) is -2.63. The van der Waals surface area contributed by atoms with Gasteiger partial charge in [-0.3, -0.25) is 4.57 Å². The Morgan fingerprint density at radius 2 is 1.66 bits per heavy atom. The van der Waals surface area contributed by atoms with E-state index in [1.54, 1.807) is 0 Å². The number of hydrogen-bond acceptors (Lipinski definition) is 3. The molecule has 0 amide bonds. The molecule has 10 heteroatoms. The number of aromatic nitrogens is 3. The van der Waals surface area contributed by atoms with Gasteiger partial charge in [-0.2, -0.15) is 18.3 Å². The number of benzene rings is 2. The standard InChI is InChI=1S/C22H18F5N3O2/c23-14-7-12(8-15(24)9-14)19-5-6-20-28-30(21(31)29(19)20)16-10-18(11-16)32-17-3-1-13(2-4-17)22(25,26)27/h1-4,7-9,16,18-19H,5-6,10-11H2/t16-,18-,19-/m0/s1. The van der Waals surface area contributed by atoms with Crippen LogP contribution in [-0.4, -0.2) is 20.5 Å². The summed E-state index contributed by atoms with van der Waals surface area (Å²) < 4.78 is 73.8. The molecule has 1 aliphatic carbocycles. The Bertz CT molecular complexity index is 1190. The molecule has 5 nitrogen and oxygen atoms in total. The van der Waals surface area contributed by atoms with Gasteiger partial charge in [0, 0.05) is 25.3 Å². The minimum atomic E-state index is -4.40. The normalized spacial score (nSPS) is 22.5. The maximum absolute atomic E-state index is 13.6. The molecule has 32 heavy (non-hydrogen) atoms. The van der Waals surface area contributed by atoms with Crippen LogP contribution in [0, 0.1) is 11.6 Å². The van der Waals surface area contributed by atoms with Gasteiger partial charge in [0.2, 0.25) is 0 Å². The van der Waals surface area contributed by atoms with Crippen molar-refractivity contribution in [3.63, 3.8) is 0 Å². The average Bonchev–Trinajstić information content (AvgIpc) is 3.24. The second-order valence-corrected chi connectivity index (χ2v) is 8.16. The zero-order valence-electron chi connectivity index (χ0n) is 16.6. The van der Waals surface area contributed by atoms with Crippen LogP contribution >= 0.6 is 0 Å². The van der Waals surface area contributed by atoms with Crippen molar-refractivity contribution < 1.29 is 26.7 Å². The zero-order valence-corrected chi connectivity index (χ0v) is 16.6. The quantitative estimate of drug-likeness (QED) is 0.543. The average molecular weight is 451 g/mol. The predicted molar refractivity (Wildman–Crippen MR) is 103 cm³/mol. The molecule has 0 N–H and O–H groups in total. The second kappa shape index (κ2) is 7.46. The highest BCUT2D eigenvalue weighted by Gasteiger charge is 2.38. The van der Waals surface area contributed by atoms with Crippen molar-refractivity contribution in [1.82, 2.24) is 14.3 Å². The molecule has 0 saturated heterocycles. The van der Waals surface area contributed by atoms with E-state index >= 15 is 0 Å². The third-order valence-electron chi connectivity index (χ3n) is 6.03. The number of hydrogen-bond donors (Lipinski definition) is 0. The Hall–Kier alpha value is -3.17. The van der Waals surface area contributed by atoms with E-state index in [4.69, 9.17) is 4.74 Å². The number of fused-ring (bicyclic) bond motifs is 1. The highest BCUT2D eigenvalue weighted by molar-refractivity contribution is 5.29. The molecule has 168 valence electrons. The lowest BCUT2D eigenvalue weighted by atomic mass is 9.89. The first-order valence-corrected chi connectivity index (χ1v) is 10.2. The topological polar surface area (TPSA) is 49.0 Å². The molecule has 2 aliphatic rings. The first-order chi connectivity index (χ1) is 15.2. The van der Waals surface area contributed by atoms with Gasteiger partial charge in [0.1, 0.15) is 29.3 Å². The summed E-state index contributed by atoms with van der Waals surface area (Å²) in [6, 6.07) is 7.04. The minimum Gasteiger partial charge on any atom is -0.490 e. The van der Waals surface area contributed by atoms with Crippen molar-refractivity contribution in [1.29, 1.82) is 0 Å². The fraction of sp³-hybridized carbons (Fsp3) is 0.364. The first-order valence-electron chi connectivity index (χ1n) is 10.2. The fourth-order valence-electron chi connectivity index (χ4n) is 4.38. The molecule has 1 atom stereocenters. The smallest absolute Gasteiger partial charge is 0.416 e. The number of nitrogens with zero attached hydrogens (tertiary/aromatic N) is 3. The number of alkyl halides is 3. The van der Waals surface area contributed by atoms with Gasteiger partial charge in [0.15, 0.2) is 0 Å². The van der Waals surface area contributed by atoms with E-state index in [2.05, 4.69) is 5.10 Å². The molecule has 0 unspecified atom stereocenters. The van der Waals surface area contributed by atoms with E-state index in [0.717, 1.165) is 18.2 Å². The van der Waals surface area contributed by atoms with E-state index in [-0.39, 0.29) is 17.8 Å². The zero-order chi connectivity index (χ0) is 22.6.